The first-order chi connectivity index (χ1) is 10.6. The fraction of sp³-hybridized carbons (Fsp3) is 0.111. The van der Waals surface area contributed by atoms with E-state index in [4.69, 9.17) is 0 Å². The zero-order valence-corrected chi connectivity index (χ0v) is 12.6. The van der Waals surface area contributed by atoms with E-state index in [1.54, 1.807) is 0 Å². The van der Waals surface area contributed by atoms with E-state index >= 15 is 0 Å². The Hall–Kier alpha value is -2.88. The molecule has 4 aromatic heterocycles. The number of allylic oxidation sites excluding steroid dienone is 1. The fourth-order valence-corrected chi connectivity index (χ4v) is 2.82. The number of nitrogens with one attached hydrogen (secondary N) is 1. The van der Waals surface area contributed by atoms with E-state index in [-0.39, 0.29) is 0 Å². The van der Waals surface area contributed by atoms with Crippen molar-refractivity contribution in [3.05, 3.63) is 60.7 Å². The van der Waals surface area contributed by atoms with Gasteiger partial charge in [-0.3, -0.25) is 0 Å². The van der Waals surface area contributed by atoms with Crippen molar-refractivity contribution in [3.8, 4) is 11.1 Å². The normalized spacial score (nSPS) is 11.4. The van der Waals surface area contributed by atoms with Crippen molar-refractivity contribution in [2.75, 3.05) is 0 Å². The van der Waals surface area contributed by atoms with Crippen LogP contribution < -0.4 is 0 Å². The Kier molecular flexibility index (Phi) is 2.66. The van der Waals surface area contributed by atoms with E-state index in [0.29, 0.717) is 0 Å². The van der Waals surface area contributed by atoms with Crippen LogP contribution in [0.1, 0.15) is 18.2 Å². The Bertz CT molecular complexity index is 1020. The zero-order chi connectivity index (χ0) is 15.3. The van der Waals surface area contributed by atoms with Gasteiger partial charge in [0.25, 0.3) is 0 Å². The average molecular weight is 288 g/mol. The number of rotatable bonds is 2. The van der Waals surface area contributed by atoms with Gasteiger partial charge in [0.05, 0.1) is 11.7 Å². The Balaban J connectivity index is 1.96. The number of fused-ring (bicyclic) bond motifs is 2. The molecule has 4 heteroatoms. The number of aryl methyl sites for hydroxylation is 1. The highest BCUT2D eigenvalue weighted by atomic mass is 15.2. The molecule has 0 radical (unpaired) electrons. The summed E-state index contributed by atoms with van der Waals surface area (Å²) in [6.07, 6.45) is 5.86. The molecule has 0 atom stereocenters. The van der Waals surface area contributed by atoms with Crippen LogP contribution in [0.2, 0.25) is 0 Å². The lowest BCUT2D eigenvalue weighted by Gasteiger charge is -2.03. The Morgan fingerprint density at radius 1 is 1.27 bits per heavy atom. The van der Waals surface area contributed by atoms with Crippen molar-refractivity contribution in [3.63, 3.8) is 0 Å². The summed E-state index contributed by atoms with van der Waals surface area (Å²) in [7, 11) is 0. The first kappa shape index (κ1) is 12.8. The number of H-pyrrole nitrogens is 1. The van der Waals surface area contributed by atoms with Crippen molar-refractivity contribution in [1.29, 1.82) is 0 Å². The molecule has 0 amide bonds. The second-order valence-corrected chi connectivity index (χ2v) is 5.63. The average Bonchev–Trinajstić information content (AvgIpc) is 3.09. The summed E-state index contributed by atoms with van der Waals surface area (Å²) in [6.45, 7) is 8.03. The molecule has 4 aromatic rings. The maximum absolute atomic E-state index is 4.53. The highest BCUT2D eigenvalue weighted by Gasteiger charge is 2.10. The summed E-state index contributed by atoms with van der Waals surface area (Å²) >= 11 is 0. The number of aromatic amines is 1. The van der Waals surface area contributed by atoms with Crippen molar-refractivity contribution < 1.29 is 0 Å². The molecule has 0 aromatic carbocycles. The van der Waals surface area contributed by atoms with Crippen LogP contribution in [0.15, 0.2) is 49.4 Å². The Morgan fingerprint density at radius 2 is 2.14 bits per heavy atom. The number of hydrogen-bond donors (Lipinski definition) is 1. The van der Waals surface area contributed by atoms with Crippen LogP contribution >= 0.6 is 0 Å². The molecule has 0 saturated heterocycles. The van der Waals surface area contributed by atoms with E-state index in [1.807, 2.05) is 43.0 Å². The Labute approximate surface area is 128 Å². The number of nitrogens with zero attached hydrogens (tertiary/aromatic N) is 3. The van der Waals surface area contributed by atoms with Crippen molar-refractivity contribution >= 4 is 22.1 Å². The van der Waals surface area contributed by atoms with Gasteiger partial charge in [-0.1, -0.05) is 6.58 Å². The minimum atomic E-state index is 0.920. The molecule has 108 valence electrons. The third-order valence-corrected chi connectivity index (χ3v) is 3.97. The van der Waals surface area contributed by atoms with Crippen LogP contribution in [0.5, 0.6) is 0 Å². The second kappa shape index (κ2) is 4.56. The molecule has 0 fully saturated rings. The molecule has 4 rings (SSSR count). The summed E-state index contributed by atoms with van der Waals surface area (Å²) < 4.78 is 1.88. The zero-order valence-electron chi connectivity index (χ0n) is 12.6. The molecule has 0 saturated carbocycles. The van der Waals surface area contributed by atoms with Gasteiger partial charge in [0.1, 0.15) is 5.65 Å². The van der Waals surface area contributed by atoms with Crippen molar-refractivity contribution in [2.24, 2.45) is 0 Å². The topological polar surface area (TPSA) is 46.0 Å². The fourth-order valence-electron chi connectivity index (χ4n) is 2.82. The summed E-state index contributed by atoms with van der Waals surface area (Å²) in [6, 6.07) is 8.38. The van der Waals surface area contributed by atoms with Crippen molar-refractivity contribution in [2.45, 2.75) is 13.8 Å². The second-order valence-electron chi connectivity index (χ2n) is 5.63. The number of hydrogen-bond acceptors (Lipinski definition) is 2. The van der Waals surface area contributed by atoms with Gasteiger partial charge >= 0.3 is 0 Å². The summed E-state index contributed by atoms with van der Waals surface area (Å²) in [4.78, 5) is 7.79. The molecular weight excluding hydrogens is 272 g/mol. The molecule has 0 spiro atoms. The molecule has 0 aliphatic rings. The van der Waals surface area contributed by atoms with Crippen LogP contribution in [-0.4, -0.2) is 19.6 Å². The maximum Gasteiger partial charge on any atom is 0.138 e. The standard InChI is InChI=1S/C18H16N4/c1-11(2)15-10-20-22-7-6-13(8-17(15)22)16-9-19-18-14(16)5-4-12(3)21-18/h4-10H,1H2,2-3H3,(H,19,21). The largest absolute Gasteiger partial charge is 0.346 e. The molecule has 0 aliphatic carbocycles. The third-order valence-electron chi connectivity index (χ3n) is 3.97. The van der Waals surface area contributed by atoms with E-state index < -0.39 is 0 Å². The van der Waals surface area contributed by atoms with Gasteiger partial charge < -0.3 is 4.98 Å². The van der Waals surface area contributed by atoms with Crippen LogP contribution in [0.3, 0.4) is 0 Å². The van der Waals surface area contributed by atoms with E-state index in [1.165, 1.54) is 0 Å². The quantitative estimate of drug-likeness (QED) is 0.600. The molecule has 0 bridgehead atoms. The molecule has 0 aliphatic heterocycles. The highest BCUT2D eigenvalue weighted by Crippen LogP contribution is 2.30. The lowest BCUT2D eigenvalue weighted by molar-refractivity contribution is 0.962. The van der Waals surface area contributed by atoms with Gasteiger partial charge in [-0.2, -0.15) is 5.10 Å². The van der Waals surface area contributed by atoms with Gasteiger partial charge in [0.2, 0.25) is 0 Å². The summed E-state index contributed by atoms with van der Waals surface area (Å²) in [5.74, 6) is 0. The first-order valence-corrected chi connectivity index (χ1v) is 7.22. The van der Waals surface area contributed by atoms with Crippen LogP contribution in [-0.2, 0) is 0 Å². The maximum atomic E-state index is 4.53. The minimum Gasteiger partial charge on any atom is -0.346 e. The van der Waals surface area contributed by atoms with Crippen LogP contribution in [0, 0.1) is 6.92 Å². The smallest absolute Gasteiger partial charge is 0.138 e. The third kappa shape index (κ3) is 1.84. The molecule has 4 nitrogen and oxygen atoms in total. The molecule has 22 heavy (non-hydrogen) atoms. The summed E-state index contributed by atoms with van der Waals surface area (Å²) in [5, 5.41) is 5.50. The SMILES string of the molecule is C=C(C)c1cnn2ccc(-c3c[nH]c4nc(C)ccc34)cc12. The minimum absolute atomic E-state index is 0.920. The number of aromatic nitrogens is 4. The molecule has 4 heterocycles. The van der Waals surface area contributed by atoms with Gasteiger partial charge in [-0.05, 0) is 49.2 Å². The highest BCUT2D eigenvalue weighted by molar-refractivity contribution is 5.94. The number of pyridine rings is 2. The Morgan fingerprint density at radius 3 is 2.95 bits per heavy atom. The van der Waals surface area contributed by atoms with Crippen LogP contribution in [0.4, 0.5) is 0 Å². The monoisotopic (exact) mass is 288 g/mol. The summed E-state index contributed by atoms with van der Waals surface area (Å²) in [5.41, 5.74) is 7.39. The molecule has 1 N–H and O–H groups in total. The predicted molar refractivity (Wildman–Crippen MR) is 89.7 cm³/mol. The van der Waals surface area contributed by atoms with Crippen LogP contribution in [0.25, 0.3) is 33.3 Å². The molecular formula is C18H16N4. The van der Waals surface area contributed by atoms with Crippen molar-refractivity contribution in [1.82, 2.24) is 19.6 Å². The van der Waals surface area contributed by atoms with E-state index in [0.717, 1.165) is 44.5 Å². The first-order valence-electron chi connectivity index (χ1n) is 7.22. The lowest BCUT2D eigenvalue weighted by atomic mass is 10.0. The van der Waals surface area contributed by atoms with Gasteiger partial charge in [0, 0.05) is 34.6 Å². The van der Waals surface area contributed by atoms with Gasteiger partial charge in [-0.15, -0.1) is 0 Å². The van der Waals surface area contributed by atoms with Gasteiger partial charge in [0.15, 0.2) is 0 Å². The van der Waals surface area contributed by atoms with E-state index in [2.05, 4.69) is 39.8 Å². The molecule has 0 unspecified atom stereocenters. The lowest BCUT2D eigenvalue weighted by Crippen LogP contribution is -1.88. The van der Waals surface area contributed by atoms with Gasteiger partial charge in [-0.25, -0.2) is 9.50 Å². The van der Waals surface area contributed by atoms with E-state index in [9.17, 15) is 0 Å². The predicted octanol–water partition coefficient (Wildman–Crippen LogP) is 4.22.